The summed E-state index contributed by atoms with van der Waals surface area (Å²) in [5, 5.41) is 5.05. The number of halogens is 1. The fourth-order valence-corrected chi connectivity index (χ4v) is 2.56. The Morgan fingerprint density at radius 3 is 2.76 bits per heavy atom. The van der Waals surface area contributed by atoms with Crippen molar-refractivity contribution in [2.45, 2.75) is 33.6 Å². The molecule has 108 valence electrons. The third-order valence-electron chi connectivity index (χ3n) is 3.27. The molecule has 0 fully saturated rings. The highest BCUT2D eigenvalue weighted by Crippen LogP contribution is 2.22. The van der Waals surface area contributed by atoms with Crippen LogP contribution in [-0.4, -0.2) is 24.6 Å². The van der Waals surface area contributed by atoms with Crippen molar-refractivity contribution in [2.75, 3.05) is 0 Å². The number of nitrogens with zero attached hydrogens (tertiary/aromatic N) is 5. The molecule has 3 aromatic rings. The van der Waals surface area contributed by atoms with Crippen molar-refractivity contribution in [1.82, 2.24) is 24.6 Å². The van der Waals surface area contributed by atoms with E-state index in [4.69, 9.17) is 11.6 Å². The van der Waals surface area contributed by atoms with Gasteiger partial charge >= 0.3 is 0 Å². The van der Waals surface area contributed by atoms with Gasteiger partial charge in [-0.15, -0.1) is 0 Å². The number of hydrogen-bond donors (Lipinski definition) is 0. The lowest BCUT2D eigenvalue weighted by Crippen LogP contribution is -1.99. The van der Waals surface area contributed by atoms with Gasteiger partial charge in [0.05, 0.1) is 11.4 Å². The van der Waals surface area contributed by atoms with Crippen LogP contribution in [0.3, 0.4) is 0 Å². The molecule has 6 heteroatoms. The Balaban J connectivity index is 2.16. The maximum atomic E-state index is 6.21. The Labute approximate surface area is 128 Å². The molecule has 0 atom stereocenters. The normalized spacial score (nSPS) is 11.2. The molecule has 0 saturated heterocycles. The molecule has 21 heavy (non-hydrogen) atoms. The van der Waals surface area contributed by atoms with Crippen molar-refractivity contribution in [3.05, 3.63) is 40.6 Å². The third kappa shape index (κ3) is 2.61. The van der Waals surface area contributed by atoms with E-state index in [2.05, 4.69) is 27.0 Å². The summed E-state index contributed by atoms with van der Waals surface area (Å²) in [5.74, 6) is 0. The van der Waals surface area contributed by atoms with Gasteiger partial charge in [-0.05, 0) is 26.3 Å². The summed E-state index contributed by atoms with van der Waals surface area (Å²) in [7, 11) is 0. The lowest BCUT2D eigenvalue weighted by atomic mass is 10.2. The lowest BCUT2D eigenvalue weighted by molar-refractivity contribution is 0.863. The Kier molecular flexibility index (Phi) is 3.59. The predicted octanol–water partition coefficient (Wildman–Crippen LogP) is 3.41. The van der Waals surface area contributed by atoms with E-state index in [1.54, 1.807) is 10.6 Å². The minimum atomic E-state index is 0.541. The van der Waals surface area contributed by atoms with Crippen molar-refractivity contribution in [3.63, 3.8) is 0 Å². The molecule has 0 amide bonds. The van der Waals surface area contributed by atoms with Gasteiger partial charge in [-0.2, -0.15) is 5.10 Å². The molecule has 3 rings (SSSR count). The van der Waals surface area contributed by atoms with Crippen molar-refractivity contribution < 1.29 is 0 Å². The Hall–Kier alpha value is -2.01. The van der Waals surface area contributed by atoms with Gasteiger partial charge in [-0.1, -0.05) is 24.9 Å². The van der Waals surface area contributed by atoms with E-state index in [0.29, 0.717) is 5.15 Å². The maximum absolute atomic E-state index is 6.21. The van der Waals surface area contributed by atoms with Crippen LogP contribution in [0.4, 0.5) is 0 Å². The van der Waals surface area contributed by atoms with Crippen molar-refractivity contribution in [1.29, 1.82) is 0 Å². The molecule has 0 saturated carbocycles. The van der Waals surface area contributed by atoms with Gasteiger partial charge in [0.15, 0.2) is 5.65 Å². The largest absolute Gasteiger partial charge is 0.257 e. The van der Waals surface area contributed by atoms with Gasteiger partial charge < -0.3 is 0 Å². The third-order valence-corrected chi connectivity index (χ3v) is 3.54. The number of hydrogen-bond acceptors (Lipinski definition) is 4. The van der Waals surface area contributed by atoms with E-state index in [1.165, 1.54) is 0 Å². The van der Waals surface area contributed by atoms with Crippen LogP contribution >= 0.6 is 11.6 Å². The first-order chi connectivity index (χ1) is 10.1. The summed E-state index contributed by atoms with van der Waals surface area (Å²) in [6.45, 7) is 5.96. The lowest BCUT2D eigenvalue weighted by Gasteiger charge is -2.03. The second-order valence-corrected chi connectivity index (χ2v) is 5.45. The highest BCUT2D eigenvalue weighted by atomic mass is 35.5. The molecule has 0 aliphatic heterocycles. The minimum Gasteiger partial charge on any atom is -0.257 e. The zero-order chi connectivity index (χ0) is 15.0. The molecule has 0 aromatic carbocycles. The Bertz CT molecular complexity index is 809. The van der Waals surface area contributed by atoms with Crippen LogP contribution in [0.15, 0.2) is 18.3 Å². The van der Waals surface area contributed by atoms with Crippen LogP contribution in [-0.2, 0) is 6.42 Å². The number of fused-ring (bicyclic) bond motifs is 1. The molecule has 0 unspecified atom stereocenters. The van der Waals surface area contributed by atoms with E-state index in [0.717, 1.165) is 47.0 Å². The van der Waals surface area contributed by atoms with Gasteiger partial charge in [0, 0.05) is 18.0 Å². The van der Waals surface area contributed by atoms with E-state index < -0.39 is 0 Å². The first kappa shape index (κ1) is 13.9. The van der Waals surface area contributed by atoms with Gasteiger partial charge in [0.2, 0.25) is 0 Å². The highest BCUT2D eigenvalue weighted by molar-refractivity contribution is 6.29. The van der Waals surface area contributed by atoms with E-state index >= 15 is 0 Å². The minimum absolute atomic E-state index is 0.541. The second-order valence-electron chi connectivity index (χ2n) is 5.07. The second kappa shape index (κ2) is 5.41. The molecular formula is C15H16ClN5. The van der Waals surface area contributed by atoms with Crippen molar-refractivity contribution in [3.8, 4) is 11.4 Å². The summed E-state index contributed by atoms with van der Waals surface area (Å²) >= 11 is 6.21. The topological polar surface area (TPSA) is 56.0 Å². The SMILES string of the molecule is CCCc1cnc(C)c(-c2cc3nc(C)cc(Cl)n3n2)n1. The summed E-state index contributed by atoms with van der Waals surface area (Å²) in [4.78, 5) is 13.5. The molecule has 3 aromatic heterocycles. The van der Waals surface area contributed by atoms with Crippen molar-refractivity contribution in [2.24, 2.45) is 0 Å². The van der Waals surface area contributed by atoms with Crippen LogP contribution in [0.1, 0.15) is 30.4 Å². The first-order valence-electron chi connectivity index (χ1n) is 6.94. The zero-order valence-electron chi connectivity index (χ0n) is 12.3. The monoisotopic (exact) mass is 301 g/mol. The molecule has 0 aliphatic carbocycles. The van der Waals surface area contributed by atoms with Gasteiger partial charge in [-0.25, -0.2) is 14.5 Å². The van der Waals surface area contributed by atoms with E-state index in [1.807, 2.05) is 26.1 Å². The Morgan fingerprint density at radius 2 is 2.00 bits per heavy atom. The smallest absolute Gasteiger partial charge is 0.157 e. The fraction of sp³-hybridized carbons (Fsp3) is 0.333. The summed E-state index contributed by atoms with van der Waals surface area (Å²) in [5.41, 5.74) is 4.95. The first-order valence-corrected chi connectivity index (χ1v) is 7.32. The number of aryl methyl sites for hydroxylation is 3. The highest BCUT2D eigenvalue weighted by Gasteiger charge is 2.13. The van der Waals surface area contributed by atoms with Crippen molar-refractivity contribution >= 4 is 17.2 Å². The summed E-state index contributed by atoms with van der Waals surface area (Å²) < 4.78 is 1.62. The summed E-state index contributed by atoms with van der Waals surface area (Å²) in [6.07, 6.45) is 3.77. The van der Waals surface area contributed by atoms with Crippen LogP contribution in [0.5, 0.6) is 0 Å². The van der Waals surface area contributed by atoms with Crippen LogP contribution in [0, 0.1) is 13.8 Å². The van der Waals surface area contributed by atoms with E-state index in [-0.39, 0.29) is 0 Å². The molecule has 5 nitrogen and oxygen atoms in total. The molecule has 0 spiro atoms. The van der Waals surface area contributed by atoms with Gasteiger partial charge in [0.25, 0.3) is 0 Å². The molecular weight excluding hydrogens is 286 g/mol. The number of aromatic nitrogens is 5. The quantitative estimate of drug-likeness (QED) is 0.696. The maximum Gasteiger partial charge on any atom is 0.157 e. The average molecular weight is 302 g/mol. The molecule has 0 aliphatic rings. The van der Waals surface area contributed by atoms with Crippen LogP contribution < -0.4 is 0 Å². The molecule has 3 heterocycles. The average Bonchev–Trinajstić information content (AvgIpc) is 2.85. The molecule has 0 bridgehead atoms. The molecule has 0 N–H and O–H groups in total. The van der Waals surface area contributed by atoms with Gasteiger partial charge in [0.1, 0.15) is 16.5 Å². The van der Waals surface area contributed by atoms with Gasteiger partial charge in [-0.3, -0.25) is 4.98 Å². The van der Waals surface area contributed by atoms with Crippen LogP contribution in [0.25, 0.3) is 17.0 Å². The standard InChI is InChI=1S/C15H16ClN5/c1-4-5-11-8-17-10(3)15(19-11)12-7-14-18-9(2)6-13(16)21(14)20-12/h6-8H,4-5H2,1-3H3. The summed E-state index contributed by atoms with van der Waals surface area (Å²) in [6, 6.07) is 3.68. The predicted molar refractivity (Wildman–Crippen MR) is 82.5 cm³/mol. The fourth-order valence-electron chi connectivity index (χ4n) is 2.28. The Morgan fingerprint density at radius 1 is 1.19 bits per heavy atom. The zero-order valence-corrected chi connectivity index (χ0v) is 13.0. The van der Waals surface area contributed by atoms with Crippen LogP contribution in [0.2, 0.25) is 5.15 Å². The van der Waals surface area contributed by atoms with E-state index in [9.17, 15) is 0 Å². The molecule has 0 radical (unpaired) electrons. The number of rotatable bonds is 3.